The van der Waals surface area contributed by atoms with Crippen LogP contribution in [0.4, 0.5) is 0 Å². The van der Waals surface area contributed by atoms with E-state index in [1.165, 1.54) is 23.0 Å². The van der Waals surface area contributed by atoms with Crippen molar-refractivity contribution in [2.45, 2.75) is 46.4 Å². The van der Waals surface area contributed by atoms with Crippen molar-refractivity contribution < 1.29 is 23.7 Å². The van der Waals surface area contributed by atoms with Crippen molar-refractivity contribution in [1.29, 1.82) is 0 Å². The molecule has 0 saturated carbocycles. The molecular weight excluding hydrogens is 671 g/mol. The molecule has 2 heterocycles. The molecule has 0 amide bonds. The van der Waals surface area contributed by atoms with Gasteiger partial charge in [0.25, 0.3) is 5.56 Å². The maximum absolute atomic E-state index is 14.2. The minimum atomic E-state index is -0.832. The topological polar surface area (TPSA) is 88.4 Å². The highest BCUT2D eigenvalue weighted by Crippen LogP contribution is 2.36. The normalized spacial score (nSPS) is 14.6. The number of hydrogen-bond acceptors (Lipinski definition) is 8. The average Bonchev–Trinajstić information content (AvgIpc) is 3.30. The molecule has 5 rings (SSSR count). The van der Waals surface area contributed by atoms with E-state index in [2.05, 4.69) is 4.99 Å². The Labute approximate surface area is 285 Å². The van der Waals surface area contributed by atoms with E-state index in [1.54, 1.807) is 68.5 Å². The third kappa shape index (κ3) is 7.13. The Hall–Kier alpha value is -3.76. The van der Waals surface area contributed by atoms with Gasteiger partial charge in [-0.1, -0.05) is 58.3 Å². The number of benzene rings is 3. The maximum Gasteiger partial charge on any atom is 0.338 e. The van der Waals surface area contributed by atoms with Crippen LogP contribution in [0.15, 0.2) is 75.7 Å². The molecule has 0 saturated heterocycles. The largest absolute Gasteiger partial charge is 0.493 e. The van der Waals surface area contributed by atoms with Gasteiger partial charge in [0.15, 0.2) is 16.3 Å². The number of aromatic nitrogens is 1. The minimum absolute atomic E-state index is 0.0850. The molecule has 3 aromatic carbocycles. The number of allylic oxidation sites excluding steroid dienone is 1. The molecule has 46 heavy (non-hydrogen) atoms. The predicted molar refractivity (Wildman–Crippen MR) is 181 cm³/mol. The molecular formula is C34H31Cl3N2O6S. The summed E-state index contributed by atoms with van der Waals surface area (Å²) in [5.74, 6) is 0.940. The van der Waals surface area contributed by atoms with E-state index in [1.807, 2.05) is 19.9 Å². The Morgan fingerprint density at radius 1 is 1.02 bits per heavy atom. The Morgan fingerprint density at radius 2 is 1.74 bits per heavy atom. The van der Waals surface area contributed by atoms with E-state index in [9.17, 15) is 9.59 Å². The second kappa shape index (κ2) is 14.3. The SMILES string of the molecule is CCOC(=O)C1=C(C)N=c2s/c(=C/c3cc(Cl)ccc3OCc3ccc(Cl)cc3Cl)c(=O)n2[C@H]1c1ccc(OC(C)C)c(OC)c1. The molecule has 1 aliphatic heterocycles. The van der Waals surface area contributed by atoms with Gasteiger partial charge in [-0.25, -0.2) is 9.79 Å². The van der Waals surface area contributed by atoms with E-state index >= 15 is 0 Å². The molecule has 0 spiro atoms. The van der Waals surface area contributed by atoms with Crippen molar-refractivity contribution in [3.05, 3.63) is 117 Å². The summed E-state index contributed by atoms with van der Waals surface area (Å²) in [4.78, 5) is 32.6. The van der Waals surface area contributed by atoms with E-state index in [-0.39, 0.29) is 30.5 Å². The molecule has 0 fully saturated rings. The fourth-order valence-electron chi connectivity index (χ4n) is 5.01. The zero-order valence-electron chi connectivity index (χ0n) is 25.7. The van der Waals surface area contributed by atoms with Gasteiger partial charge in [-0.2, -0.15) is 0 Å². The van der Waals surface area contributed by atoms with Crippen LogP contribution in [0.3, 0.4) is 0 Å². The number of ether oxygens (including phenoxy) is 4. The van der Waals surface area contributed by atoms with E-state index in [0.717, 1.165) is 5.56 Å². The first-order chi connectivity index (χ1) is 22.0. The molecule has 0 unspecified atom stereocenters. The lowest BCUT2D eigenvalue weighted by atomic mass is 9.95. The Balaban J connectivity index is 1.63. The lowest BCUT2D eigenvalue weighted by Gasteiger charge is -2.25. The Bertz CT molecular complexity index is 2020. The van der Waals surface area contributed by atoms with Crippen molar-refractivity contribution >= 4 is 58.2 Å². The molecule has 0 aliphatic carbocycles. The molecule has 0 radical (unpaired) electrons. The van der Waals surface area contributed by atoms with Crippen molar-refractivity contribution in [2.75, 3.05) is 13.7 Å². The average molecular weight is 702 g/mol. The van der Waals surface area contributed by atoms with Crippen LogP contribution in [-0.2, 0) is 16.1 Å². The molecule has 0 bridgehead atoms. The molecule has 1 aliphatic rings. The summed E-state index contributed by atoms with van der Waals surface area (Å²) in [6.07, 6.45) is 1.62. The van der Waals surface area contributed by atoms with Gasteiger partial charge in [-0.15, -0.1) is 0 Å². The minimum Gasteiger partial charge on any atom is -0.493 e. The number of methoxy groups -OCH3 is 1. The number of fused-ring (bicyclic) bond motifs is 1. The van der Waals surface area contributed by atoms with Gasteiger partial charge in [0, 0.05) is 26.2 Å². The van der Waals surface area contributed by atoms with Gasteiger partial charge in [0.05, 0.1) is 41.7 Å². The number of halogens is 3. The zero-order valence-corrected chi connectivity index (χ0v) is 28.8. The van der Waals surface area contributed by atoms with Gasteiger partial charge < -0.3 is 18.9 Å². The second-order valence-corrected chi connectivity index (χ2v) is 12.9. The molecule has 4 aromatic rings. The number of thiazole rings is 1. The van der Waals surface area contributed by atoms with Gasteiger partial charge in [0.2, 0.25) is 0 Å². The smallest absolute Gasteiger partial charge is 0.338 e. The first-order valence-electron chi connectivity index (χ1n) is 14.4. The van der Waals surface area contributed by atoms with Crippen LogP contribution in [0, 0.1) is 0 Å². The lowest BCUT2D eigenvalue weighted by Crippen LogP contribution is -2.40. The molecule has 240 valence electrons. The van der Waals surface area contributed by atoms with E-state index < -0.39 is 12.0 Å². The van der Waals surface area contributed by atoms with Gasteiger partial charge in [0.1, 0.15) is 12.4 Å². The van der Waals surface area contributed by atoms with Crippen LogP contribution in [0.2, 0.25) is 15.1 Å². The second-order valence-electron chi connectivity index (χ2n) is 10.6. The van der Waals surface area contributed by atoms with Gasteiger partial charge in [-0.3, -0.25) is 9.36 Å². The number of esters is 1. The number of rotatable bonds is 10. The summed E-state index contributed by atoms with van der Waals surface area (Å²) in [6, 6.07) is 14.8. The van der Waals surface area contributed by atoms with Crippen LogP contribution in [-0.4, -0.2) is 30.4 Å². The van der Waals surface area contributed by atoms with Crippen LogP contribution >= 0.6 is 46.1 Å². The fourth-order valence-corrected chi connectivity index (χ4v) is 6.69. The van der Waals surface area contributed by atoms with E-state index in [0.29, 0.717) is 58.5 Å². The summed E-state index contributed by atoms with van der Waals surface area (Å²) < 4.78 is 24.9. The highest BCUT2D eigenvalue weighted by molar-refractivity contribution is 7.07. The molecule has 1 aromatic heterocycles. The Kier molecular flexibility index (Phi) is 10.5. The molecule has 1 atom stereocenters. The van der Waals surface area contributed by atoms with Crippen molar-refractivity contribution in [2.24, 2.45) is 4.99 Å². The third-order valence-corrected chi connectivity index (χ3v) is 8.84. The fraction of sp³-hybridized carbons (Fsp3) is 0.265. The van der Waals surface area contributed by atoms with E-state index in [4.69, 9.17) is 53.8 Å². The maximum atomic E-state index is 14.2. The van der Waals surface area contributed by atoms with Crippen LogP contribution in [0.5, 0.6) is 17.2 Å². The first-order valence-corrected chi connectivity index (χ1v) is 16.4. The molecule has 8 nitrogen and oxygen atoms in total. The standard InChI is InChI=1S/C34H31Cl3N2O6S/c1-6-43-33(41)30-19(4)38-34-39(31(30)20-8-11-27(45-18(2)3)28(14-20)42-5)32(40)29(46-34)15-22-13-23(35)10-12-26(22)44-17-21-7-9-24(36)16-25(21)37/h7-16,18,31H,6,17H2,1-5H3/b29-15+/t31-/m0/s1. The molecule has 12 heteroatoms. The first kappa shape index (κ1) is 33.6. The summed E-state index contributed by atoms with van der Waals surface area (Å²) in [5, 5.41) is 1.46. The number of hydrogen-bond donors (Lipinski definition) is 0. The highest BCUT2D eigenvalue weighted by atomic mass is 35.5. The molecule has 0 N–H and O–H groups in total. The summed E-state index contributed by atoms with van der Waals surface area (Å²) >= 11 is 20.0. The van der Waals surface area contributed by atoms with Crippen molar-refractivity contribution in [1.82, 2.24) is 4.57 Å². The Morgan fingerprint density at radius 3 is 2.43 bits per heavy atom. The number of carbonyl (C=O) groups excluding carboxylic acids is 1. The summed E-state index contributed by atoms with van der Waals surface area (Å²) in [7, 11) is 1.54. The predicted octanol–water partition coefficient (Wildman–Crippen LogP) is 7.13. The third-order valence-electron chi connectivity index (χ3n) is 7.04. The van der Waals surface area contributed by atoms with Crippen LogP contribution in [0.1, 0.15) is 50.4 Å². The number of carbonyl (C=O) groups is 1. The summed E-state index contributed by atoms with van der Waals surface area (Å²) in [5.41, 5.74) is 2.31. The number of nitrogens with zero attached hydrogens (tertiary/aromatic N) is 2. The highest BCUT2D eigenvalue weighted by Gasteiger charge is 2.34. The monoisotopic (exact) mass is 700 g/mol. The van der Waals surface area contributed by atoms with Gasteiger partial charge in [-0.05, 0) is 81.8 Å². The zero-order chi connectivity index (χ0) is 33.1. The van der Waals surface area contributed by atoms with Crippen molar-refractivity contribution in [3.63, 3.8) is 0 Å². The van der Waals surface area contributed by atoms with Crippen molar-refractivity contribution in [3.8, 4) is 17.2 Å². The lowest BCUT2D eigenvalue weighted by molar-refractivity contribution is -0.139. The van der Waals surface area contributed by atoms with Crippen LogP contribution in [0.25, 0.3) is 6.08 Å². The quantitative estimate of drug-likeness (QED) is 0.164. The van der Waals surface area contributed by atoms with Crippen LogP contribution < -0.4 is 29.1 Å². The van der Waals surface area contributed by atoms with Gasteiger partial charge >= 0.3 is 5.97 Å². The summed E-state index contributed by atoms with van der Waals surface area (Å²) in [6.45, 7) is 7.62.